The van der Waals surface area contributed by atoms with Crippen LogP contribution in [0.3, 0.4) is 0 Å². The molecule has 0 saturated heterocycles. The first-order valence-corrected chi connectivity index (χ1v) is 9.83. The fraction of sp³-hybridized carbons (Fsp3) is 0.450. The maximum atomic E-state index is 12.6. The Morgan fingerprint density at radius 1 is 1.15 bits per heavy atom. The minimum Gasteiger partial charge on any atom is -0.481 e. The van der Waals surface area contributed by atoms with E-state index in [2.05, 4.69) is 10.3 Å². The molecule has 2 aromatic rings. The average Bonchev–Trinajstić information content (AvgIpc) is 3.04. The lowest BCUT2D eigenvalue weighted by Crippen LogP contribution is -2.35. The first-order chi connectivity index (χ1) is 12.5. The highest BCUT2D eigenvalue weighted by Gasteiger charge is 2.30. The number of carboxylic acid groups (broad SMARTS) is 1. The second-order valence-corrected chi connectivity index (χ2v) is 7.98. The first kappa shape index (κ1) is 18.6. The van der Waals surface area contributed by atoms with Gasteiger partial charge in [0.1, 0.15) is 5.01 Å². The van der Waals surface area contributed by atoms with E-state index in [1.807, 2.05) is 44.2 Å². The molecule has 6 heteroatoms. The fourth-order valence-corrected chi connectivity index (χ4v) is 4.59. The number of aryl methyl sites for hydroxylation is 1. The van der Waals surface area contributed by atoms with Crippen molar-refractivity contribution in [1.82, 2.24) is 10.3 Å². The van der Waals surface area contributed by atoms with Crippen LogP contribution in [0, 0.1) is 18.8 Å². The first-order valence-electron chi connectivity index (χ1n) is 9.01. The van der Waals surface area contributed by atoms with Crippen molar-refractivity contribution in [2.75, 3.05) is 0 Å². The average molecular weight is 372 g/mol. The Morgan fingerprint density at radius 3 is 2.38 bits per heavy atom. The fourth-order valence-electron chi connectivity index (χ4n) is 3.51. The molecule has 1 unspecified atom stereocenters. The summed E-state index contributed by atoms with van der Waals surface area (Å²) in [7, 11) is 0. The van der Waals surface area contributed by atoms with Gasteiger partial charge in [0.2, 0.25) is 5.91 Å². The predicted octanol–water partition coefficient (Wildman–Crippen LogP) is 4.19. The second-order valence-electron chi connectivity index (χ2n) is 6.95. The summed E-state index contributed by atoms with van der Waals surface area (Å²) in [4.78, 5) is 29.3. The van der Waals surface area contributed by atoms with Crippen LogP contribution >= 0.6 is 11.3 Å². The number of benzene rings is 1. The number of hydrogen-bond acceptors (Lipinski definition) is 4. The maximum absolute atomic E-state index is 12.6. The van der Waals surface area contributed by atoms with E-state index in [9.17, 15) is 9.59 Å². The summed E-state index contributed by atoms with van der Waals surface area (Å²) in [6.45, 7) is 3.95. The van der Waals surface area contributed by atoms with E-state index in [0.29, 0.717) is 25.7 Å². The number of hydrogen-bond donors (Lipinski definition) is 2. The number of nitrogens with zero attached hydrogens (tertiary/aromatic N) is 1. The van der Waals surface area contributed by atoms with Gasteiger partial charge in [0.05, 0.1) is 22.5 Å². The molecule has 138 valence electrons. The topological polar surface area (TPSA) is 79.3 Å². The Balaban J connectivity index is 1.63. The van der Waals surface area contributed by atoms with E-state index in [1.54, 1.807) is 11.3 Å². The summed E-state index contributed by atoms with van der Waals surface area (Å²) in [5.41, 5.74) is 2.02. The Morgan fingerprint density at radius 2 is 1.77 bits per heavy atom. The molecule has 1 aromatic carbocycles. The lowest BCUT2D eigenvalue weighted by molar-refractivity contribution is -0.144. The van der Waals surface area contributed by atoms with Crippen LogP contribution in [-0.4, -0.2) is 22.0 Å². The van der Waals surface area contributed by atoms with E-state index in [-0.39, 0.29) is 23.8 Å². The molecule has 1 heterocycles. The minimum absolute atomic E-state index is 0.0235. The van der Waals surface area contributed by atoms with Gasteiger partial charge in [-0.3, -0.25) is 9.59 Å². The zero-order valence-electron chi connectivity index (χ0n) is 15.1. The van der Waals surface area contributed by atoms with Crippen molar-refractivity contribution in [3.63, 3.8) is 0 Å². The molecule has 1 atom stereocenters. The number of thiazole rings is 1. The van der Waals surface area contributed by atoms with Crippen molar-refractivity contribution in [3.05, 3.63) is 40.9 Å². The Labute approximate surface area is 157 Å². The van der Waals surface area contributed by atoms with Crippen LogP contribution in [0.1, 0.15) is 49.2 Å². The standard InChI is InChI=1S/C20H24N2O3S/c1-12(21-18(23)14-8-10-16(11-9-14)20(24)25)17-13(2)22-19(26-17)15-6-4-3-5-7-15/h3-7,12,14,16H,8-11H2,1-2H3,(H,21,23)(H,24,25). The molecule has 1 aliphatic carbocycles. The summed E-state index contributed by atoms with van der Waals surface area (Å²) in [6.07, 6.45) is 2.46. The van der Waals surface area contributed by atoms with Gasteiger partial charge in [-0.2, -0.15) is 0 Å². The zero-order chi connectivity index (χ0) is 18.7. The van der Waals surface area contributed by atoms with Crippen LogP contribution in [0.5, 0.6) is 0 Å². The van der Waals surface area contributed by atoms with E-state index in [0.717, 1.165) is 21.1 Å². The number of aliphatic carboxylic acids is 1. The Bertz CT molecular complexity index is 780. The number of aromatic nitrogens is 1. The summed E-state index contributed by atoms with van der Waals surface area (Å²) in [5, 5.41) is 13.1. The van der Waals surface area contributed by atoms with Gasteiger partial charge < -0.3 is 10.4 Å². The second kappa shape index (κ2) is 7.99. The Kier molecular flexibility index (Phi) is 5.71. The molecular formula is C20H24N2O3S. The summed E-state index contributed by atoms with van der Waals surface area (Å²) >= 11 is 1.61. The maximum Gasteiger partial charge on any atom is 0.306 e. The van der Waals surface area contributed by atoms with Crippen molar-refractivity contribution in [3.8, 4) is 10.6 Å². The molecule has 0 bridgehead atoms. The number of carbonyl (C=O) groups excluding carboxylic acids is 1. The van der Waals surface area contributed by atoms with Crippen molar-refractivity contribution in [2.24, 2.45) is 11.8 Å². The van der Waals surface area contributed by atoms with Crippen LogP contribution in [0.2, 0.25) is 0 Å². The predicted molar refractivity (Wildman–Crippen MR) is 102 cm³/mol. The molecule has 3 rings (SSSR count). The number of amides is 1. The normalized spacial score (nSPS) is 21.2. The van der Waals surface area contributed by atoms with Gasteiger partial charge >= 0.3 is 5.97 Å². The molecular weight excluding hydrogens is 348 g/mol. The highest BCUT2D eigenvalue weighted by atomic mass is 32.1. The summed E-state index contributed by atoms with van der Waals surface area (Å²) < 4.78 is 0. The molecule has 1 saturated carbocycles. The number of carboxylic acids is 1. The molecule has 0 spiro atoms. The van der Waals surface area contributed by atoms with Crippen molar-refractivity contribution < 1.29 is 14.7 Å². The molecule has 2 N–H and O–H groups in total. The van der Waals surface area contributed by atoms with E-state index in [4.69, 9.17) is 5.11 Å². The molecule has 1 aliphatic rings. The smallest absolute Gasteiger partial charge is 0.306 e. The van der Waals surface area contributed by atoms with Crippen molar-refractivity contribution >= 4 is 23.2 Å². The van der Waals surface area contributed by atoms with E-state index >= 15 is 0 Å². The molecule has 0 aliphatic heterocycles. The van der Waals surface area contributed by atoms with Gasteiger partial charge in [0, 0.05) is 11.5 Å². The van der Waals surface area contributed by atoms with Crippen LogP contribution in [0.25, 0.3) is 10.6 Å². The summed E-state index contributed by atoms with van der Waals surface area (Å²) in [6, 6.07) is 9.93. The van der Waals surface area contributed by atoms with Gasteiger partial charge in [-0.25, -0.2) is 4.98 Å². The largest absolute Gasteiger partial charge is 0.481 e. The van der Waals surface area contributed by atoms with Crippen LogP contribution in [0.4, 0.5) is 0 Å². The molecule has 26 heavy (non-hydrogen) atoms. The van der Waals surface area contributed by atoms with Crippen LogP contribution in [0.15, 0.2) is 30.3 Å². The molecule has 1 amide bonds. The zero-order valence-corrected chi connectivity index (χ0v) is 15.9. The highest BCUT2D eigenvalue weighted by molar-refractivity contribution is 7.15. The van der Waals surface area contributed by atoms with Crippen LogP contribution in [-0.2, 0) is 9.59 Å². The van der Waals surface area contributed by atoms with Gasteiger partial charge in [0.25, 0.3) is 0 Å². The third-order valence-electron chi connectivity index (χ3n) is 5.05. The van der Waals surface area contributed by atoms with Crippen molar-refractivity contribution in [1.29, 1.82) is 0 Å². The molecule has 0 radical (unpaired) electrons. The monoisotopic (exact) mass is 372 g/mol. The lowest BCUT2D eigenvalue weighted by atomic mass is 9.81. The molecule has 5 nitrogen and oxygen atoms in total. The molecule has 1 aromatic heterocycles. The third kappa shape index (κ3) is 4.12. The quantitative estimate of drug-likeness (QED) is 0.825. The van der Waals surface area contributed by atoms with E-state index in [1.165, 1.54) is 0 Å². The number of carbonyl (C=O) groups is 2. The van der Waals surface area contributed by atoms with Gasteiger partial charge in [-0.15, -0.1) is 11.3 Å². The van der Waals surface area contributed by atoms with Gasteiger partial charge in [-0.1, -0.05) is 30.3 Å². The summed E-state index contributed by atoms with van der Waals surface area (Å²) in [5.74, 6) is -1.11. The molecule has 1 fully saturated rings. The van der Waals surface area contributed by atoms with E-state index < -0.39 is 5.97 Å². The van der Waals surface area contributed by atoms with Crippen LogP contribution < -0.4 is 5.32 Å². The van der Waals surface area contributed by atoms with Gasteiger partial charge in [-0.05, 0) is 39.5 Å². The Hall–Kier alpha value is -2.21. The minimum atomic E-state index is -0.744. The number of rotatable bonds is 5. The SMILES string of the molecule is Cc1nc(-c2ccccc2)sc1C(C)NC(=O)C1CCC(C(=O)O)CC1. The lowest BCUT2D eigenvalue weighted by Gasteiger charge is -2.26. The highest BCUT2D eigenvalue weighted by Crippen LogP contribution is 2.33. The van der Waals surface area contributed by atoms with Gasteiger partial charge in [0.15, 0.2) is 0 Å². The van der Waals surface area contributed by atoms with Crippen molar-refractivity contribution in [2.45, 2.75) is 45.6 Å². The third-order valence-corrected chi connectivity index (χ3v) is 6.44. The number of nitrogens with one attached hydrogen (secondary N) is 1.